The van der Waals surface area contributed by atoms with Crippen LogP contribution in [-0.4, -0.2) is 33.1 Å². The van der Waals surface area contributed by atoms with Crippen LogP contribution in [0.2, 0.25) is 0 Å². The first-order valence-electron chi connectivity index (χ1n) is 6.84. The van der Waals surface area contributed by atoms with Crippen molar-refractivity contribution in [2.45, 2.75) is 59.1 Å². The van der Waals surface area contributed by atoms with Gasteiger partial charge in [-0.2, -0.15) is 0 Å². The number of imidazole rings is 1. The standard InChI is InChI=1S/C14H25N3O2/c1-6-7-10-17(13(18)19-14(3,4)5)11(2)12-15-8-9-16-12/h8-9,11H,6-7,10H2,1-5H3,(H,15,16). The van der Waals surface area contributed by atoms with Gasteiger partial charge < -0.3 is 9.72 Å². The third-order valence-corrected chi connectivity index (χ3v) is 2.76. The van der Waals surface area contributed by atoms with Gasteiger partial charge in [-0.25, -0.2) is 9.78 Å². The predicted molar refractivity (Wildman–Crippen MR) is 74.9 cm³/mol. The van der Waals surface area contributed by atoms with Crippen molar-refractivity contribution in [1.29, 1.82) is 0 Å². The molecule has 0 spiro atoms. The second-order valence-corrected chi connectivity index (χ2v) is 5.68. The fourth-order valence-electron chi connectivity index (χ4n) is 1.75. The van der Waals surface area contributed by atoms with Gasteiger partial charge in [0.05, 0.1) is 6.04 Å². The van der Waals surface area contributed by atoms with Crippen LogP contribution in [0.3, 0.4) is 0 Å². The number of nitrogens with one attached hydrogen (secondary N) is 1. The van der Waals surface area contributed by atoms with Gasteiger partial charge in [0.1, 0.15) is 11.4 Å². The largest absolute Gasteiger partial charge is 0.444 e. The molecule has 1 unspecified atom stereocenters. The average Bonchev–Trinajstić information content (AvgIpc) is 2.80. The van der Waals surface area contributed by atoms with Crippen LogP contribution in [0, 0.1) is 0 Å². The number of unbranched alkanes of at least 4 members (excludes halogenated alkanes) is 1. The number of hydrogen-bond donors (Lipinski definition) is 1. The molecule has 0 saturated heterocycles. The lowest BCUT2D eigenvalue weighted by Gasteiger charge is -2.30. The molecule has 108 valence electrons. The Bertz CT molecular complexity index is 382. The minimum Gasteiger partial charge on any atom is -0.444 e. The summed E-state index contributed by atoms with van der Waals surface area (Å²) in [6, 6.07) is -0.114. The summed E-state index contributed by atoms with van der Waals surface area (Å²) in [6.07, 6.45) is 5.15. The second kappa shape index (κ2) is 6.59. The van der Waals surface area contributed by atoms with Gasteiger partial charge in [0.15, 0.2) is 0 Å². The fourth-order valence-corrected chi connectivity index (χ4v) is 1.75. The molecule has 1 amide bonds. The molecule has 1 N–H and O–H groups in total. The number of hydrogen-bond acceptors (Lipinski definition) is 3. The van der Waals surface area contributed by atoms with E-state index in [0.717, 1.165) is 18.7 Å². The molecule has 0 aromatic carbocycles. The zero-order valence-corrected chi connectivity index (χ0v) is 12.6. The van der Waals surface area contributed by atoms with Gasteiger partial charge in [0.2, 0.25) is 0 Å². The number of rotatable bonds is 5. The Morgan fingerprint density at radius 1 is 1.53 bits per heavy atom. The van der Waals surface area contributed by atoms with E-state index in [-0.39, 0.29) is 12.1 Å². The van der Waals surface area contributed by atoms with Crippen molar-refractivity contribution in [2.24, 2.45) is 0 Å². The highest BCUT2D eigenvalue weighted by Crippen LogP contribution is 2.20. The maximum absolute atomic E-state index is 12.3. The molecule has 19 heavy (non-hydrogen) atoms. The molecule has 5 nitrogen and oxygen atoms in total. The molecule has 0 aliphatic rings. The van der Waals surface area contributed by atoms with E-state index in [0.29, 0.717) is 6.54 Å². The quantitative estimate of drug-likeness (QED) is 0.888. The molecule has 0 fully saturated rings. The van der Waals surface area contributed by atoms with Crippen LogP contribution in [0.15, 0.2) is 12.4 Å². The molecule has 0 aliphatic heterocycles. The predicted octanol–water partition coefficient (Wildman–Crippen LogP) is 3.51. The molecule has 1 heterocycles. The summed E-state index contributed by atoms with van der Waals surface area (Å²) < 4.78 is 5.46. The highest BCUT2D eigenvalue weighted by Gasteiger charge is 2.27. The first kappa shape index (κ1) is 15.5. The molecule has 1 aromatic heterocycles. The van der Waals surface area contributed by atoms with E-state index >= 15 is 0 Å². The molecule has 1 atom stereocenters. The zero-order chi connectivity index (χ0) is 14.5. The van der Waals surface area contributed by atoms with E-state index in [1.165, 1.54) is 0 Å². The number of carbonyl (C=O) groups excluding carboxylic acids is 1. The number of carbonyl (C=O) groups is 1. The summed E-state index contributed by atoms with van der Waals surface area (Å²) >= 11 is 0. The second-order valence-electron chi connectivity index (χ2n) is 5.68. The summed E-state index contributed by atoms with van der Waals surface area (Å²) in [5, 5.41) is 0. The van der Waals surface area contributed by atoms with E-state index in [4.69, 9.17) is 4.74 Å². The summed E-state index contributed by atoms with van der Waals surface area (Å²) in [5.41, 5.74) is -0.482. The molecule has 5 heteroatoms. The molecular formula is C14H25N3O2. The lowest BCUT2D eigenvalue weighted by atomic mass is 10.2. The van der Waals surface area contributed by atoms with Gasteiger partial charge >= 0.3 is 6.09 Å². The molecule has 0 radical (unpaired) electrons. The van der Waals surface area contributed by atoms with E-state index in [9.17, 15) is 4.79 Å². The minimum atomic E-state index is -0.482. The topological polar surface area (TPSA) is 58.2 Å². The highest BCUT2D eigenvalue weighted by atomic mass is 16.6. The van der Waals surface area contributed by atoms with Crippen molar-refractivity contribution in [3.8, 4) is 0 Å². The van der Waals surface area contributed by atoms with Crippen LogP contribution in [-0.2, 0) is 4.74 Å². The molecule has 0 bridgehead atoms. The van der Waals surface area contributed by atoms with Crippen molar-refractivity contribution < 1.29 is 9.53 Å². The van der Waals surface area contributed by atoms with Crippen LogP contribution in [0.25, 0.3) is 0 Å². The number of ether oxygens (including phenoxy) is 1. The van der Waals surface area contributed by atoms with Crippen LogP contribution < -0.4 is 0 Å². The van der Waals surface area contributed by atoms with Crippen molar-refractivity contribution in [3.05, 3.63) is 18.2 Å². The Morgan fingerprint density at radius 3 is 2.68 bits per heavy atom. The summed E-state index contributed by atoms with van der Waals surface area (Å²) in [6.45, 7) is 10.4. The average molecular weight is 267 g/mol. The van der Waals surface area contributed by atoms with E-state index in [1.807, 2.05) is 27.7 Å². The van der Waals surface area contributed by atoms with Crippen molar-refractivity contribution in [2.75, 3.05) is 6.54 Å². The Labute approximate surface area is 115 Å². The van der Waals surface area contributed by atoms with Crippen LogP contribution in [0.5, 0.6) is 0 Å². The van der Waals surface area contributed by atoms with Gasteiger partial charge in [0.25, 0.3) is 0 Å². The smallest absolute Gasteiger partial charge is 0.410 e. The molecule has 0 aliphatic carbocycles. The number of amides is 1. The zero-order valence-electron chi connectivity index (χ0n) is 12.6. The minimum absolute atomic E-state index is 0.114. The van der Waals surface area contributed by atoms with Gasteiger partial charge in [-0.1, -0.05) is 13.3 Å². The number of H-pyrrole nitrogens is 1. The van der Waals surface area contributed by atoms with Crippen LogP contribution >= 0.6 is 0 Å². The first-order chi connectivity index (χ1) is 8.85. The Balaban J connectivity index is 2.79. The summed E-state index contributed by atoms with van der Waals surface area (Å²) in [7, 11) is 0. The van der Waals surface area contributed by atoms with Gasteiger partial charge in [-0.15, -0.1) is 0 Å². The molecule has 1 aromatic rings. The highest BCUT2D eigenvalue weighted by molar-refractivity contribution is 5.68. The molecule has 0 saturated carbocycles. The summed E-state index contributed by atoms with van der Waals surface area (Å²) in [5.74, 6) is 0.780. The van der Waals surface area contributed by atoms with Crippen molar-refractivity contribution >= 4 is 6.09 Å². The van der Waals surface area contributed by atoms with E-state index < -0.39 is 5.60 Å². The number of aromatic amines is 1. The molecule has 1 rings (SSSR count). The number of aromatic nitrogens is 2. The first-order valence-corrected chi connectivity index (χ1v) is 6.84. The van der Waals surface area contributed by atoms with Gasteiger partial charge in [-0.05, 0) is 34.1 Å². The third kappa shape index (κ3) is 4.93. The Hall–Kier alpha value is -1.52. The van der Waals surface area contributed by atoms with Gasteiger partial charge in [0, 0.05) is 18.9 Å². The lowest BCUT2D eigenvalue weighted by Crippen LogP contribution is -2.39. The third-order valence-electron chi connectivity index (χ3n) is 2.76. The van der Waals surface area contributed by atoms with Crippen molar-refractivity contribution in [3.63, 3.8) is 0 Å². The maximum atomic E-state index is 12.3. The number of nitrogens with zero attached hydrogens (tertiary/aromatic N) is 2. The Kier molecular flexibility index (Phi) is 5.39. The molecular weight excluding hydrogens is 242 g/mol. The monoisotopic (exact) mass is 267 g/mol. The van der Waals surface area contributed by atoms with Crippen LogP contribution in [0.1, 0.15) is 59.3 Å². The van der Waals surface area contributed by atoms with Crippen LogP contribution in [0.4, 0.5) is 4.79 Å². The van der Waals surface area contributed by atoms with Crippen molar-refractivity contribution in [1.82, 2.24) is 14.9 Å². The lowest BCUT2D eigenvalue weighted by molar-refractivity contribution is 0.0163. The van der Waals surface area contributed by atoms with E-state index in [1.54, 1.807) is 17.3 Å². The van der Waals surface area contributed by atoms with E-state index in [2.05, 4.69) is 16.9 Å². The Morgan fingerprint density at radius 2 is 2.21 bits per heavy atom. The van der Waals surface area contributed by atoms with Gasteiger partial charge in [-0.3, -0.25) is 4.90 Å². The SMILES string of the molecule is CCCCN(C(=O)OC(C)(C)C)C(C)c1ncc[nH]1. The normalized spacial score (nSPS) is 13.1. The fraction of sp³-hybridized carbons (Fsp3) is 0.714. The summed E-state index contributed by atoms with van der Waals surface area (Å²) in [4.78, 5) is 21.3. The maximum Gasteiger partial charge on any atom is 0.410 e.